The number of carbonyl (C=O) groups excluding carboxylic acids is 1. The standard InChI is InChI=1S/C14H18N2O3/c1-16(7-9-4-11(15)5-9)14(17)10-2-3-12-13(6-10)19-8-18-12/h2-3,6,9,11H,4-5,7-8,15H2,1H3. The number of nitrogens with zero attached hydrogens (tertiary/aromatic N) is 1. The summed E-state index contributed by atoms with van der Waals surface area (Å²) in [6, 6.07) is 5.62. The summed E-state index contributed by atoms with van der Waals surface area (Å²) in [7, 11) is 1.83. The predicted molar refractivity (Wildman–Crippen MR) is 70.2 cm³/mol. The molecule has 1 aliphatic heterocycles. The molecule has 1 aromatic carbocycles. The molecule has 0 unspecified atom stereocenters. The molecule has 3 rings (SSSR count). The minimum atomic E-state index is 0.0128. The fraction of sp³-hybridized carbons (Fsp3) is 0.500. The van der Waals surface area contributed by atoms with Gasteiger partial charge in [-0.15, -0.1) is 0 Å². The van der Waals surface area contributed by atoms with Crippen LogP contribution in [0.2, 0.25) is 0 Å². The van der Waals surface area contributed by atoms with Gasteiger partial charge in [-0.25, -0.2) is 0 Å². The van der Waals surface area contributed by atoms with Crippen LogP contribution in [-0.2, 0) is 0 Å². The number of benzene rings is 1. The highest BCUT2D eigenvalue weighted by molar-refractivity contribution is 5.94. The van der Waals surface area contributed by atoms with E-state index in [1.165, 1.54) is 0 Å². The van der Waals surface area contributed by atoms with Crippen molar-refractivity contribution in [1.29, 1.82) is 0 Å². The Morgan fingerprint density at radius 2 is 2.11 bits per heavy atom. The second-order valence-electron chi connectivity index (χ2n) is 5.35. The summed E-state index contributed by atoms with van der Waals surface area (Å²) < 4.78 is 10.5. The summed E-state index contributed by atoms with van der Waals surface area (Å²) in [5.74, 6) is 1.89. The van der Waals surface area contributed by atoms with E-state index in [9.17, 15) is 4.79 Å². The number of nitrogens with two attached hydrogens (primary N) is 1. The first-order valence-electron chi connectivity index (χ1n) is 6.54. The van der Waals surface area contributed by atoms with Crippen molar-refractivity contribution in [3.05, 3.63) is 23.8 Å². The zero-order valence-corrected chi connectivity index (χ0v) is 11.0. The van der Waals surface area contributed by atoms with Crippen molar-refractivity contribution in [2.45, 2.75) is 18.9 Å². The molecule has 5 nitrogen and oxygen atoms in total. The summed E-state index contributed by atoms with van der Waals surface area (Å²) in [6.45, 7) is 0.990. The molecule has 1 aromatic rings. The molecular formula is C14H18N2O3. The number of fused-ring (bicyclic) bond motifs is 1. The largest absolute Gasteiger partial charge is 0.454 e. The van der Waals surface area contributed by atoms with Gasteiger partial charge in [0.15, 0.2) is 11.5 Å². The first kappa shape index (κ1) is 12.3. The lowest BCUT2D eigenvalue weighted by molar-refractivity contribution is 0.0733. The van der Waals surface area contributed by atoms with Gasteiger partial charge in [-0.2, -0.15) is 0 Å². The molecule has 19 heavy (non-hydrogen) atoms. The average Bonchev–Trinajstić information content (AvgIpc) is 2.83. The number of rotatable bonds is 3. The molecule has 0 atom stereocenters. The van der Waals surface area contributed by atoms with Crippen molar-refractivity contribution in [1.82, 2.24) is 4.90 Å². The normalized spacial score (nSPS) is 23.9. The summed E-state index contributed by atoms with van der Waals surface area (Å²) in [4.78, 5) is 14.1. The second kappa shape index (κ2) is 4.74. The number of amides is 1. The lowest BCUT2D eigenvalue weighted by atomic mass is 9.80. The third-order valence-electron chi connectivity index (χ3n) is 3.77. The van der Waals surface area contributed by atoms with E-state index in [2.05, 4.69) is 0 Å². The van der Waals surface area contributed by atoms with Gasteiger partial charge in [0, 0.05) is 25.2 Å². The smallest absolute Gasteiger partial charge is 0.253 e. The molecule has 1 heterocycles. The van der Waals surface area contributed by atoms with Crippen LogP contribution in [0, 0.1) is 5.92 Å². The first-order chi connectivity index (χ1) is 9.13. The van der Waals surface area contributed by atoms with Gasteiger partial charge in [-0.3, -0.25) is 4.79 Å². The van der Waals surface area contributed by atoms with Crippen LogP contribution in [0.4, 0.5) is 0 Å². The van der Waals surface area contributed by atoms with Crippen molar-refractivity contribution in [3.63, 3.8) is 0 Å². The Kier molecular flexibility index (Phi) is 3.06. The van der Waals surface area contributed by atoms with Gasteiger partial charge >= 0.3 is 0 Å². The molecule has 1 aliphatic carbocycles. The minimum absolute atomic E-state index is 0.0128. The van der Waals surface area contributed by atoms with Crippen LogP contribution in [-0.4, -0.2) is 37.2 Å². The number of hydrogen-bond acceptors (Lipinski definition) is 4. The maximum absolute atomic E-state index is 12.3. The lowest BCUT2D eigenvalue weighted by Crippen LogP contribution is -2.43. The van der Waals surface area contributed by atoms with E-state index in [0.29, 0.717) is 29.0 Å². The number of ether oxygens (including phenoxy) is 2. The van der Waals surface area contributed by atoms with Gasteiger partial charge in [0.2, 0.25) is 6.79 Å². The minimum Gasteiger partial charge on any atom is -0.454 e. The van der Waals surface area contributed by atoms with Crippen LogP contribution in [0.25, 0.3) is 0 Å². The van der Waals surface area contributed by atoms with E-state index in [1.54, 1.807) is 23.1 Å². The lowest BCUT2D eigenvalue weighted by Gasteiger charge is -2.35. The monoisotopic (exact) mass is 262 g/mol. The average molecular weight is 262 g/mol. The summed E-state index contributed by atoms with van der Waals surface area (Å²) >= 11 is 0. The Morgan fingerprint density at radius 3 is 2.84 bits per heavy atom. The molecule has 1 amide bonds. The molecule has 0 saturated heterocycles. The Bertz CT molecular complexity index is 497. The Labute approximate surface area is 112 Å². The third-order valence-corrected chi connectivity index (χ3v) is 3.77. The quantitative estimate of drug-likeness (QED) is 0.889. The van der Waals surface area contributed by atoms with Gasteiger partial charge in [0.1, 0.15) is 0 Å². The van der Waals surface area contributed by atoms with Crippen molar-refractivity contribution in [3.8, 4) is 11.5 Å². The van der Waals surface area contributed by atoms with Crippen LogP contribution in [0.1, 0.15) is 23.2 Å². The molecular weight excluding hydrogens is 244 g/mol. The van der Waals surface area contributed by atoms with Gasteiger partial charge in [0.25, 0.3) is 5.91 Å². The van der Waals surface area contributed by atoms with Crippen LogP contribution >= 0.6 is 0 Å². The fourth-order valence-corrected chi connectivity index (χ4v) is 2.66. The summed E-state index contributed by atoms with van der Waals surface area (Å²) in [5.41, 5.74) is 6.39. The first-order valence-corrected chi connectivity index (χ1v) is 6.54. The van der Waals surface area contributed by atoms with E-state index < -0.39 is 0 Å². The fourth-order valence-electron chi connectivity index (χ4n) is 2.66. The Hall–Kier alpha value is -1.75. The molecule has 0 spiro atoms. The Balaban J connectivity index is 1.66. The maximum atomic E-state index is 12.3. The van der Waals surface area contributed by atoms with Gasteiger partial charge in [-0.05, 0) is 37.0 Å². The predicted octanol–water partition coefficient (Wildman–Crippen LogP) is 1.22. The molecule has 0 bridgehead atoms. The van der Waals surface area contributed by atoms with E-state index in [1.807, 2.05) is 7.05 Å². The van der Waals surface area contributed by atoms with Crippen molar-refractivity contribution >= 4 is 5.91 Å². The third kappa shape index (κ3) is 2.38. The van der Waals surface area contributed by atoms with Crippen LogP contribution in [0.3, 0.4) is 0 Å². The molecule has 1 saturated carbocycles. The van der Waals surface area contributed by atoms with E-state index >= 15 is 0 Å². The van der Waals surface area contributed by atoms with Crippen LogP contribution < -0.4 is 15.2 Å². The van der Waals surface area contributed by atoms with Crippen LogP contribution in [0.5, 0.6) is 11.5 Å². The highest BCUT2D eigenvalue weighted by Crippen LogP contribution is 2.33. The number of carbonyl (C=O) groups is 1. The van der Waals surface area contributed by atoms with Gasteiger partial charge < -0.3 is 20.1 Å². The number of hydrogen-bond donors (Lipinski definition) is 1. The van der Waals surface area contributed by atoms with Gasteiger partial charge in [0.05, 0.1) is 0 Å². The molecule has 0 aromatic heterocycles. The molecule has 1 fully saturated rings. The summed E-state index contributed by atoms with van der Waals surface area (Å²) in [6.07, 6.45) is 2.03. The van der Waals surface area contributed by atoms with Crippen molar-refractivity contribution in [2.75, 3.05) is 20.4 Å². The van der Waals surface area contributed by atoms with Crippen LogP contribution in [0.15, 0.2) is 18.2 Å². The molecule has 2 N–H and O–H groups in total. The molecule has 102 valence electrons. The van der Waals surface area contributed by atoms with Crippen molar-refractivity contribution < 1.29 is 14.3 Å². The molecule has 0 radical (unpaired) electrons. The zero-order valence-electron chi connectivity index (χ0n) is 11.0. The SMILES string of the molecule is CN(CC1CC(N)C1)C(=O)c1ccc2c(c1)OCO2. The Morgan fingerprint density at radius 1 is 1.37 bits per heavy atom. The highest BCUT2D eigenvalue weighted by Gasteiger charge is 2.28. The van der Waals surface area contributed by atoms with E-state index in [-0.39, 0.29) is 12.7 Å². The van der Waals surface area contributed by atoms with E-state index in [0.717, 1.165) is 19.4 Å². The second-order valence-corrected chi connectivity index (χ2v) is 5.35. The highest BCUT2D eigenvalue weighted by atomic mass is 16.7. The topological polar surface area (TPSA) is 64.8 Å². The zero-order chi connectivity index (χ0) is 13.4. The van der Waals surface area contributed by atoms with E-state index in [4.69, 9.17) is 15.2 Å². The maximum Gasteiger partial charge on any atom is 0.253 e. The molecule has 5 heteroatoms. The molecule has 2 aliphatic rings. The summed E-state index contributed by atoms with van der Waals surface area (Å²) in [5, 5.41) is 0. The van der Waals surface area contributed by atoms with Crippen molar-refractivity contribution in [2.24, 2.45) is 11.7 Å². The van der Waals surface area contributed by atoms with Gasteiger partial charge in [-0.1, -0.05) is 0 Å².